The van der Waals surface area contributed by atoms with Crippen molar-refractivity contribution in [3.05, 3.63) is 0 Å². The summed E-state index contributed by atoms with van der Waals surface area (Å²) in [7, 11) is 3.38. The summed E-state index contributed by atoms with van der Waals surface area (Å²) in [6.45, 7) is 11.6. The minimum absolute atomic E-state index is 0.00103. The highest BCUT2D eigenvalue weighted by molar-refractivity contribution is 5.78. The molecule has 0 amide bonds. The molecule has 0 heterocycles. The molecular weight excluding hydrogens is 713 g/mol. The van der Waals surface area contributed by atoms with E-state index in [9.17, 15) is 4.79 Å². The Morgan fingerprint density at radius 3 is 1.42 bits per heavy atom. The molecule has 0 bridgehead atoms. The van der Waals surface area contributed by atoms with Gasteiger partial charge in [0.2, 0.25) is 5.96 Å². The summed E-state index contributed by atoms with van der Waals surface area (Å²) >= 11 is 0. The van der Waals surface area contributed by atoms with Gasteiger partial charge in [0.1, 0.15) is 0 Å². The molecule has 0 saturated carbocycles. The van der Waals surface area contributed by atoms with Crippen molar-refractivity contribution in [1.82, 2.24) is 15.7 Å². The molecule has 0 aliphatic carbocycles. The van der Waals surface area contributed by atoms with Crippen molar-refractivity contribution in [2.75, 3.05) is 46.9 Å². The Morgan fingerprint density at radius 1 is 0.596 bits per heavy atom. The zero-order valence-corrected chi connectivity index (χ0v) is 38.7. The monoisotopic (exact) mass is 811 g/mol. The highest BCUT2D eigenvalue weighted by atomic mass is 16.6. The van der Waals surface area contributed by atoms with E-state index in [0.717, 1.165) is 44.7 Å². The van der Waals surface area contributed by atoms with Gasteiger partial charge in [-0.25, -0.2) is 5.48 Å². The molecule has 340 valence electrons. The van der Waals surface area contributed by atoms with Gasteiger partial charge in [0.15, 0.2) is 0 Å². The van der Waals surface area contributed by atoms with Crippen LogP contribution in [0.1, 0.15) is 239 Å². The number of carbonyl (C=O) groups is 2. The van der Waals surface area contributed by atoms with E-state index in [1.807, 2.05) is 0 Å². The van der Waals surface area contributed by atoms with Crippen molar-refractivity contribution in [2.24, 2.45) is 10.9 Å². The molecule has 0 aliphatic heterocycles. The third kappa shape index (κ3) is 46.7. The van der Waals surface area contributed by atoms with E-state index in [-0.39, 0.29) is 12.4 Å². The second-order valence-electron chi connectivity index (χ2n) is 16.5. The van der Waals surface area contributed by atoms with Gasteiger partial charge in [0.25, 0.3) is 6.47 Å². The number of rotatable bonds is 43. The van der Waals surface area contributed by atoms with Gasteiger partial charge >= 0.3 is 5.97 Å². The largest absolute Gasteiger partial charge is 0.483 e. The number of esters is 1. The minimum atomic E-state index is -0.250. The summed E-state index contributed by atoms with van der Waals surface area (Å²) in [5, 5.41) is 10.2. The number of ether oxygens (including phenoxy) is 1. The molecule has 0 spiro atoms. The van der Waals surface area contributed by atoms with Crippen LogP contribution < -0.4 is 10.8 Å². The van der Waals surface area contributed by atoms with Crippen LogP contribution in [-0.2, 0) is 19.2 Å². The number of hydrogen-bond donors (Lipinski definition) is 3. The van der Waals surface area contributed by atoms with Crippen LogP contribution in [0.15, 0.2) is 4.99 Å². The molecule has 9 heteroatoms. The predicted molar refractivity (Wildman–Crippen MR) is 245 cm³/mol. The fourth-order valence-electron chi connectivity index (χ4n) is 7.71. The quantitative estimate of drug-likeness (QED) is 0.0139. The second kappa shape index (κ2) is 50.3. The lowest BCUT2D eigenvalue weighted by molar-refractivity contribution is -0.143. The summed E-state index contributed by atoms with van der Waals surface area (Å²) in [6, 6.07) is 0. The van der Waals surface area contributed by atoms with Crippen LogP contribution in [0.5, 0.6) is 0 Å². The molecular formula is C48H98N4O5. The molecule has 0 saturated heterocycles. The van der Waals surface area contributed by atoms with E-state index in [1.54, 1.807) is 14.2 Å². The topological polar surface area (TPSA) is 112 Å². The van der Waals surface area contributed by atoms with Gasteiger partial charge in [-0.3, -0.25) is 19.4 Å². The van der Waals surface area contributed by atoms with Crippen LogP contribution >= 0.6 is 0 Å². The average Bonchev–Trinajstić information content (AvgIpc) is 3.21. The van der Waals surface area contributed by atoms with E-state index in [4.69, 9.17) is 19.5 Å². The van der Waals surface area contributed by atoms with Crippen molar-refractivity contribution in [3.63, 3.8) is 0 Å². The molecule has 3 N–H and O–H groups in total. The van der Waals surface area contributed by atoms with Crippen LogP contribution in [0.4, 0.5) is 0 Å². The molecule has 0 aliphatic rings. The first kappa shape index (κ1) is 57.2. The average molecular weight is 811 g/mol. The van der Waals surface area contributed by atoms with Crippen molar-refractivity contribution in [1.29, 1.82) is 0 Å². The summed E-state index contributed by atoms with van der Waals surface area (Å²) in [5.74, 6) is 1.66. The van der Waals surface area contributed by atoms with Gasteiger partial charge in [-0.05, 0) is 57.7 Å². The van der Waals surface area contributed by atoms with E-state index >= 15 is 0 Å². The fourth-order valence-corrected chi connectivity index (χ4v) is 7.71. The van der Waals surface area contributed by atoms with Crippen molar-refractivity contribution < 1.29 is 24.3 Å². The SMILES string of the molecule is CCCCCCCCCOC(=O)CCCCCCCN(CCCCCCCC(CCCCCCCC)CCCCCCCC)CCCNC(=NC)NOC.O=CO. The maximum absolute atomic E-state index is 12.1. The Morgan fingerprint density at radius 2 is 0.982 bits per heavy atom. The van der Waals surface area contributed by atoms with Crippen molar-refractivity contribution >= 4 is 18.4 Å². The lowest BCUT2D eigenvalue weighted by Gasteiger charge is -2.23. The molecule has 0 rings (SSSR count). The third-order valence-electron chi connectivity index (χ3n) is 11.3. The number of nitrogens with zero attached hydrogens (tertiary/aromatic N) is 2. The van der Waals surface area contributed by atoms with E-state index in [0.29, 0.717) is 19.0 Å². The molecule has 0 fully saturated rings. The second-order valence-corrected chi connectivity index (χ2v) is 16.5. The number of unbranched alkanes of at least 4 members (excludes halogenated alkanes) is 24. The zero-order chi connectivity index (χ0) is 42.1. The molecule has 0 unspecified atom stereocenters. The van der Waals surface area contributed by atoms with Gasteiger partial charge in [-0.15, -0.1) is 0 Å². The Hall–Kier alpha value is -1.87. The van der Waals surface area contributed by atoms with Crippen LogP contribution in [-0.4, -0.2) is 75.4 Å². The highest BCUT2D eigenvalue weighted by Gasteiger charge is 2.10. The Labute approximate surface area is 354 Å². The summed E-state index contributed by atoms with van der Waals surface area (Å²) in [5.41, 5.74) is 2.81. The Bertz CT molecular complexity index is 815. The van der Waals surface area contributed by atoms with Crippen LogP contribution in [0.25, 0.3) is 0 Å². The standard InChI is InChI=1S/C47H96N4O3.CH2O2/c1-6-9-12-15-18-27-34-44-54-46(52)39-31-24-20-26-33-42-51(43-35-40-49-47(48-4)50-53-5)41-32-25-19-23-30-38-45(36-28-21-16-13-10-7-2)37-29-22-17-14-11-8-3;2-1-3/h45H,6-44H2,1-5H3,(H2,48,49,50);1H,(H,2,3). The first-order valence-corrected chi connectivity index (χ1v) is 24.5. The van der Waals surface area contributed by atoms with E-state index in [2.05, 4.69) is 41.5 Å². The van der Waals surface area contributed by atoms with Crippen LogP contribution in [0.2, 0.25) is 0 Å². The van der Waals surface area contributed by atoms with E-state index in [1.165, 1.54) is 199 Å². The number of nitrogens with one attached hydrogen (secondary N) is 2. The van der Waals surface area contributed by atoms with Gasteiger partial charge < -0.3 is 20.1 Å². The first-order chi connectivity index (χ1) is 28.0. The summed E-state index contributed by atoms with van der Waals surface area (Å²) in [4.78, 5) is 32.4. The molecule has 9 nitrogen and oxygen atoms in total. The van der Waals surface area contributed by atoms with E-state index < -0.39 is 0 Å². The Balaban J connectivity index is 0. The van der Waals surface area contributed by atoms with Gasteiger partial charge in [-0.1, -0.05) is 201 Å². The summed E-state index contributed by atoms with van der Waals surface area (Å²) < 4.78 is 5.48. The Kier molecular flexibility index (Phi) is 50.5. The number of carbonyl (C=O) groups excluding carboxylic acids is 1. The molecule has 57 heavy (non-hydrogen) atoms. The van der Waals surface area contributed by atoms with Crippen LogP contribution in [0, 0.1) is 5.92 Å². The van der Waals surface area contributed by atoms with Gasteiger partial charge in [0, 0.05) is 20.0 Å². The lowest BCUT2D eigenvalue weighted by Crippen LogP contribution is -2.38. The molecule has 0 aromatic carbocycles. The maximum Gasteiger partial charge on any atom is 0.305 e. The number of hydrogen-bond acceptors (Lipinski definition) is 6. The van der Waals surface area contributed by atoms with Crippen molar-refractivity contribution in [2.45, 2.75) is 239 Å². The fraction of sp³-hybridized carbons (Fsp3) is 0.938. The van der Waals surface area contributed by atoms with Crippen LogP contribution in [0.3, 0.4) is 0 Å². The smallest absolute Gasteiger partial charge is 0.305 e. The molecule has 0 atom stereocenters. The van der Waals surface area contributed by atoms with Gasteiger partial charge in [0.05, 0.1) is 13.7 Å². The molecule has 0 radical (unpaired) electrons. The molecule has 0 aromatic rings. The number of carboxylic acid groups (broad SMARTS) is 1. The zero-order valence-electron chi connectivity index (χ0n) is 38.7. The first-order valence-electron chi connectivity index (χ1n) is 24.5. The molecule has 0 aromatic heterocycles. The maximum atomic E-state index is 12.1. The highest BCUT2D eigenvalue weighted by Crippen LogP contribution is 2.25. The number of hydroxylamine groups is 1. The lowest BCUT2D eigenvalue weighted by atomic mass is 9.89. The van der Waals surface area contributed by atoms with Gasteiger partial charge in [-0.2, -0.15) is 0 Å². The normalized spacial score (nSPS) is 11.5. The minimum Gasteiger partial charge on any atom is -0.483 e. The number of guanidine groups is 1. The summed E-state index contributed by atoms with van der Waals surface area (Å²) in [6.07, 6.45) is 44.6. The van der Waals surface area contributed by atoms with Crippen molar-refractivity contribution in [3.8, 4) is 0 Å². The number of aliphatic imine (C=N–C) groups is 1. The third-order valence-corrected chi connectivity index (χ3v) is 11.3. The predicted octanol–water partition coefficient (Wildman–Crippen LogP) is 13.2.